The number of unbranched alkanes of at least 4 members (excludes halogenated alkanes) is 13. The number of aryl methyl sites for hydroxylation is 1. The number of rotatable bonds is 16. The van der Waals surface area contributed by atoms with Crippen molar-refractivity contribution >= 4 is 6.20 Å². The van der Waals surface area contributed by atoms with Gasteiger partial charge >= 0.3 is 0 Å². The van der Waals surface area contributed by atoms with Gasteiger partial charge in [-0.05, 0) is 12.8 Å². The first-order chi connectivity index (χ1) is 11.4. The molecule has 0 saturated carbocycles. The fourth-order valence-corrected chi connectivity index (χ4v) is 3.14. The summed E-state index contributed by atoms with van der Waals surface area (Å²) in [6.07, 6.45) is 28.0. The van der Waals surface area contributed by atoms with Crippen molar-refractivity contribution in [3.8, 4) is 0 Å². The highest BCUT2D eigenvalue weighted by atomic mass is 127. The highest BCUT2D eigenvalue weighted by Crippen LogP contribution is 2.12. The second-order valence-corrected chi connectivity index (χ2v) is 6.88. The summed E-state index contributed by atoms with van der Waals surface area (Å²) in [5.74, 6) is 0. The molecule has 2 nitrogen and oxygen atoms in total. The molecule has 0 aliphatic heterocycles. The summed E-state index contributed by atoms with van der Waals surface area (Å²) in [7, 11) is 0. The van der Waals surface area contributed by atoms with Gasteiger partial charge in [-0.1, -0.05) is 90.6 Å². The molecule has 1 aromatic heterocycles. The largest absolute Gasteiger partial charge is 1.00 e. The minimum atomic E-state index is 0. The smallest absolute Gasteiger partial charge is 0.248 e. The zero-order chi connectivity index (χ0) is 16.6. The fraction of sp³-hybridized carbons (Fsp3) is 0.762. The molecule has 24 heavy (non-hydrogen) atoms. The number of nitrogens with zero attached hydrogens (tertiary/aromatic N) is 2. The van der Waals surface area contributed by atoms with E-state index in [0.717, 1.165) is 6.54 Å². The number of halogens is 1. The van der Waals surface area contributed by atoms with Gasteiger partial charge in [-0.15, -0.1) is 0 Å². The van der Waals surface area contributed by atoms with Gasteiger partial charge in [-0.25, -0.2) is 9.13 Å². The van der Waals surface area contributed by atoms with E-state index in [4.69, 9.17) is 0 Å². The maximum atomic E-state index is 3.77. The molecule has 0 N–H and O–H groups in total. The normalized spacial score (nSPS) is 10.5. The predicted octanol–water partition coefficient (Wildman–Crippen LogP) is 3.36. The molecule has 0 saturated heterocycles. The maximum Gasteiger partial charge on any atom is 0.248 e. The third-order valence-corrected chi connectivity index (χ3v) is 4.69. The molecule has 0 fully saturated rings. The van der Waals surface area contributed by atoms with Gasteiger partial charge in [-0.3, -0.25) is 0 Å². The third kappa shape index (κ3) is 13.0. The first-order valence-electron chi connectivity index (χ1n) is 10.1. The zero-order valence-electron chi connectivity index (χ0n) is 15.9. The molecule has 3 heteroatoms. The molecular weight excluding hydrogens is 407 g/mol. The third-order valence-electron chi connectivity index (χ3n) is 4.69. The molecule has 1 rings (SSSR count). The van der Waals surface area contributed by atoms with Crippen molar-refractivity contribution in [3.05, 3.63) is 25.3 Å². The summed E-state index contributed by atoms with van der Waals surface area (Å²) in [5, 5.41) is 0. The molecule has 140 valence electrons. The lowest BCUT2D eigenvalue weighted by molar-refractivity contribution is -0.696. The van der Waals surface area contributed by atoms with Crippen molar-refractivity contribution in [2.24, 2.45) is 0 Å². The van der Waals surface area contributed by atoms with E-state index in [1.165, 1.54) is 89.9 Å². The molecule has 1 heterocycles. The number of hydrogen-bond acceptors (Lipinski definition) is 0. The van der Waals surface area contributed by atoms with E-state index in [1.54, 1.807) is 0 Å². The summed E-state index contributed by atoms with van der Waals surface area (Å²) in [6, 6.07) is 0. The first kappa shape index (κ1) is 23.7. The van der Waals surface area contributed by atoms with Gasteiger partial charge in [-0.2, -0.15) is 0 Å². The van der Waals surface area contributed by atoms with Crippen molar-refractivity contribution in [1.82, 2.24) is 4.57 Å². The summed E-state index contributed by atoms with van der Waals surface area (Å²) in [5.41, 5.74) is 0. The Bertz CT molecular complexity index is 387. The van der Waals surface area contributed by atoms with Crippen molar-refractivity contribution < 1.29 is 28.5 Å². The highest BCUT2D eigenvalue weighted by Gasteiger charge is 2.00. The van der Waals surface area contributed by atoms with Crippen LogP contribution in [0.3, 0.4) is 0 Å². The van der Waals surface area contributed by atoms with Gasteiger partial charge in [0.2, 0.25) is 6.33 Å². The molecule has 0 radical (unpaired) electrons. The lowest BCUT2D eigenvalue weighted by atomic mass is 10.0. The Labute approximate surface area is 167 Å². The Balaban J connectivity index is 0.00000529. The Hall–Kier alpha value is -0.320. The molecule has 0 atom stereocenters. The molecule has 0 aliphatic rings. The van der Waals surface area contributed by atoms with Gasteiger partial charge in [0.15, 0.2) is 0 Å². The zero-order valence-corrected chi connectivity index (χ0v) is 18.1. The molecule has 0 bridgehead atoms. The van der Waals surface area contributed by atoms with Gasteiger partial charge in [0.05, 0.1) is 12.7 Å². The van der Waals surface area contributed by atoms with Gasteiger partial charge < -0.3 is 24.0 Å². The Morgan fingerprint density at radius 2 is 1.25 bits per heavy atom. The molecular formula is C21H39IN2. The predicted molar refractivity (Wildman–Crippen MR) is 101 cm³/mol. The lowest BCUT2D eigenvalue weighted by Crippen LogP contribution is -3.00. The van der Waals surface area contributed by atoms with Crippen LogP contribution in [0, 0.1) is 0 Å². The highest BCUT2D eigenvalue weighted by molar-refractivity contribution is 5.12. The molecule has 0 aromatic carbocycles. The van der Waals surface area contributed by atoms with E-state index < -0.39 is 0 Å². The van der Waals surface area contributed by atoms with Gasteiger partial charge in [0, 0.05) is 0 Å². The number of imidazole rings is 1. The van der Waals surface area contributed by atoms with E-state index >= 15 is 0 Å². The van der Waals surface area contributed by atoms with Crippen LogP contribution in [0.15, 0.2) is 25.3 Å². The van der Waals surface area contributed by atoms with E-state index in [1.807, 2.05) is 10.8 Å². The monoisotopic (exact) mass is 446 g/mol. The first-order valence-corrected chi connectivity index (χ1v) is 10.1. The topological polar surface area (TPSA) is 8.81 Å². The minimum Gasteiger partial charge on any atom is -1.00 e. The van der Waals surface area contributed by atoms with Crippen molar-refractivity contribution in [3.63, 3.8) is 0 Å². The van der Waals surface area contributed by atoms with Gasteiger partial charge in [0.1, 0.15) is 12.4 Å². The average Bonchev–Trinajstić information content (AvgIpc) is 3.03. The average molecular weight is 446 g/mol. The summed E-state index contributed by atoms with van der Waals surface area (Å²) in [6.45, 7) is 7.19. The molecule has 0 aliphatic carbocycles. The van der Waals surface area contributed by atoms with Crippen LogP contribution in [0.2, 0.25) is 0 Å². The quantitative estimate of drug-likeness (QED) is 0.209. The van der Waals surface area contributed by atoms with Crippen LogP contribution in [0.1, 0.15) is 96.8 Å². The summed E-state index contributed by atoms with van der Waals surface area (Å²) < 4.78 is 4.26. The SMILES string of the molecule is C=Cn1cc[n+](CCCCCCCCCCCCCCCC)c1.[I-]. The van der Waals surface area contributed by atoms with Gasteiger partial charge in [0.25, 0.3) is 0 Å². The van der Waals surface area contributed by atoms with E-state index in [2.05, 4.69) is 36.8 Å². The second-order valence-electron chi connectivity index (χ2n) is 6.88. The Morgan fingerprint density at radius 1 is 0.792 bits per heavy atom. The van der Waals surface area contributed by atoms with Crippen LogP contribution in [0.25, 0.3) is 6.20 Å². The Kier molecular flexibility index (Phi) is 17.3. The Morgan fingerprint density at radius 3 is 1.67 bits per heavy atom. The summed E-state index contributed by atoms with van der Waals surface area (Å²) >= 11 is 0. The van der Waals surface area contributed by atoms with Crippen LogP contribution in [-0.4, -0.2) is 4.57 Å². The number of aromatic nitrogens is 2. The van der Waals surface area contributed by atoms with Crippen LogP contribution in [0.4, 0.5) is 0 Å². The van der Waals surface area contributed by atoms with Crippen molar-refractivity contribution in [2.75, 3.05) is 0 Å². The molecule has 0 unspecified atom stereocenters. The van der Waals surface area contributed by atoms with E-state index in [9.17, 15) is 0 Å². The standard InChI is InChI=1S/C21H39N2.HI/c1-3-5-6-7-8-9-10-11-12-13-14-15-16-17-18-23-20-19-22(4-2)21-23;/h4,19-21H,2-3,5-18H2,1H3;1H/q+1;/p-1. The second kappa shape index (κ2) is 17.5. The maximum absolute atomic E-state index is 3.77. The lowest BCUT2D eigenvalue weighted by Gasteiger charge is -2.03. The van der Waals surface area contributed by atoms with E-state index in [0.29, 0.717) is 0 Å². The van der Waals surface area contributed by atoms with E-state index in [-0.39, 0.29) is 24.0 Å². The molecule has 0 amide bonds. The van der Waals surface area contributed by atoms with Crippen molar-refractivity contribution in [2.45, 2.75) is 103 Å². The molecule has 1 aromatic rings. The van der Waals surface area contributed by atoms with Crippen LogP contribution in [-0.2, 0) is 6.54 Å². The van der Waals surface area contributed by atoms with Crippen LogP contribution >= 0.6 is 0 Å². The van der Waals surface area contributed by atoms with Crippen LogP contribution in [0.5, 0.6) is 0 Å². The van der Waals surface area contributed by atoms with Crippen molar-refractivity contribution in [1.29, 1.82) is 0 Å². The summed E-state index contributed by atoms with van der Waals surface area (Å²) in [4.78, 5) is 0. The number of hydrogen-bond donors (Lipinski definition) is 0. The minimum absolute atomic E-state index is 0. The molecule has 0 spiro atoms. The van der Waals surface area contributed by atoms with Crippen LogP contribution < -0.4 is 28.5 Å². The fourth-order valence-electron chi connectivity index (χ4n) is 3.14.